The minimum absolute atomic E-state index is 0.603. The van der Waals surface area contributed by atoms with E-state index in [1.54, 1.807) is 0 Å². The fourth-order valence-corrected chi connectivity index (χ4v) is 6.37. The zero-order valence-corrected chi connectivity index (χ0v) is 24.2. The van der Waals surface area contributed by atoms with E-state index < -0.39 is 0 Å². The Labute approximate surface area is 259 Å². The Morgan fingerprint density at radius 1 is 0.467 bits per heavy atom. The van der Waals surface area contributed by atoms with Gasteiger partial charge in [-0.2, -0.15) is 0 Å². The maximum Gasteiger partial charge on any atom is 0.227 e. The summed E-state index contributed by atoms with van der Waals surface area (Å²) in [6.07, 6.45) is 0. The highest BCUT2D eigenvalue weighted by molar-refractivity contribution is 6.17. The van der Waals surface area contributed by atoms with Gasteiger partial charge in [0, 0.05) is 34.1 Å². The molecule has 9 rings (SSSR count). The number of aromatic nitrogens is 1. The van der Waals surface area contributed by atoms with E-state index in [1.807, 2.05) is 48.5 Å². The first-order chi connectivity index (χ1) is 22.3. The molecule has 0 bridgehead atoms. The molecule has 212 valence electrons. The number of nitrogens with zero attached hydrogens (tertiary/aromatic N) is 2. The molecule has 0 saturated heterocycles. The zero-order chi connectivity index (χ0) is 29.7. The van der Waals surface area contributed by atoms with Crippen LogP contribution in [0, 0.1) is 0 Å². The number of benzene rings is 7. The highest BCUT2D eigenvalue weighted by Gasteiger charge is 2.19. The van der Waals surface area contributed by atoms with Crippen LogP contribution in [0.5, 0.6) is 0 Å². The van der Waals surface area contributed by atoms with Crippen molar-refractivity contribution >= 4 is 60.9 Å². The highest BCUT2D eigenvalue weighted by atomic mass is 16.4. The lowest BCUT2D eigenvalue weighted by Crippen LogP contribution is -2.09. The number of para-hydroxylation sites is 1. The molecule has 0 saturated carbocycles. The second-order valence-electron chi connectivity index (χ2n) is 11.2. The zero-order valence-electron chi connectivity index (χ0n) is 24.2. The quantitative estimate of drug-likeness (QED) is 0.204. The number of fused-ring (bicyclic) bond motifs is 6. The van der Waals surface area contributed by atoms with E-state index >= 15 is 0 Å². The molecule has 0 aliphatic rings. The van der Waals surface area contributed by atoms with Gasteiger partial charge in [-0.1, -0.05) is 91.0 Å². The van der Waals surface area contributed by atoms with E-state index in [0.29, 0.717) is 5.89 Å². The second-order valence-corrected chi connectivity index (χ2v) is 11.2. The van der Waals surface area contributed by atoms with E-state index in [1.165, 1.54) is 21.9 Å². The summed E-state index contributed by atoms with van der Waals surface area (Å²) in [5.41, 5.74) is 9.60. The van der Waals surface area contributed by atoms with Crippen molar-refractivity contribution in [3.05, 3.63) is 158 Å². The van der Waals surface area contributed by atoms with E-state index in [0.717, 1.165) is 55.7 Å². The summed E-state index contributed by atoms with van der Waals surface area (Å²) in [7, 11) is 0. The van der Waals surface area contributed by atoms with Gasteiger partial charge in [0.2, 0.25) is 5.89 Å². The molecule has 9 aromatic rings. The van der Waals surface area contributed by atoms with Gasteiger partial charge in [-0.3, -0.25) is 0 Å². The highest BCUT2D eigenvalue weighted by Crippen LogP contribution is 2.41. The molecule has 0 N–H and O–H groups in total. The lowest BCUT2D eigenvalue weighted by molar-refractivity contribution is 0.622. The first-order valence-electron chi connectivity index (χ1n) is 15.0. The summed E-state index contributed by atoms with van der Waals surface area (Å²) in [5.74, 6) is 0.603. The van der Waals surface area contributed by atoms with Crippen LogP contribution < -0.4 is 4.90 Å². The molecular weight excluding hydrogens is 552 g/mol. The van der Waals surface area contributed by atoms with Gasteiger partial charge >= 0.3 is 0 Å². The SMILES string of the molecule is c1ccc(-c2nc3ccc4oc5cc(N(c6ccccc6)c6ccc(-c7cccc8ccccc78)cc6)ccc5c4c3o2)cc1. The average Bonchev–Trinajstić information content (AvgIpc) is 3.71. The minimum Gasteiger partial charge on any atom is -0.456 e. The maximum absolute atomic E-state index is 6.44. The molecule has 0 unspecified atom stereocenters. The van der Waals surface area contributed by atoms with Crippen molar-refractivity contribution in [2.24, 2.45) is 0 Å². The molecule has 0 spiro atoms. The van der Waals surface area contributed by atoms with Gasteiger partial charge in [-0.15, -0.1) is 0 Å². The molecule has 0 atom stereocenters. The Morgan fingerprint density at radius 3 is 2.02 bits per heavy atom. The molecule has 2 heterocycles. The van der Waals surface area contributed by atoms with Crippen molar-refractivity contribution in [1.82, 2.24) is 4.98 Å². The summed E-state index contributed by atoms with van der Waals surface area (Å²) < 4.78 is 12.8. The normalized spacial score (nSPS) is 11.6. The average molecular weight is 579 g/mol. The third kappa shape index (κ3) is 4.27. The van der Waals surface area contributed by atoms with Crippen LogP contribution in [0.15, 0.2) is 167 Å². The monoisotopic (exact) mass is 578 g/mol. The number of rotatable bonds is 5. The van der Waals surface area contributed by atoms with Crippen molar-refractivity contribution in [3.8, 4) is 22.6 Å². The summed E-state index contributed by atoms with van der Waals surface area (Å²) in [6, 6.07) is 54.6. The number of furan rings is 1. The molecular formula is C41H26N2O2. The molecule has 4 heteroatoms. The van der Waals surface area contributed by atoms with Gasteiger partial charge in [-0.25, -0.2) is 4.98 Å². The van der Waals surface area contributed by atoms with Gasteiger partial charge in [0.15, 0.2) is 5.58 Å². The Hall–Kier alpha value is -6.13. The number of hydrogen-bond donors (Lipinski definition) is 0. The summed E-state index contributed by atoms with van der Waals surface area (Å²) in [4.78, 5) is 7.03. The Bertz CT molecular complexity index is 2470. The second kappa shape index (κ2) is 10.2. The first kappa shape index (κ1) is 25.4. The summed E-state index contributed by atoms with van der Waals surface area (Å²) in [6.45, 7) is 0. The number of anilines is 3. The van der Waals surface area contributed by atoms with Gasteiger partial charge in [-0.05, 0) is 82.6 Å². The van der Waals surface area contributed by atoms with Crippen LogP contribution in [0.4, 0.5) is 17.1 Å². The molecule has 0 aliphatic heterocycles. The Morgan fingerprint density at radius 2 is 1.18 bits per heavy atom. The van der Waals surface area contributed by atoms with Crippen molar-refractivity contribution in [2.75, 3.05) is 4.90 Å². The van der Waals surface area contributed by atoms with Crippen LogP contribution in [0.1, 0.15) is 0 Å². The minimum atomic E-state index is 0.603. The third-order valence-electron chi connectivity index (χ3n) is 8.49. The molecule has 0 radical (unpaired) electrons. The van der Waals surface area contributed by atoms with Crippen molar-refractivity contribution < 1.29 is 8.83 Å². The standard InChI is InChI=1S/C41H26N2O2/c1-3-11-29(12-4-1)41-42-36-24-25-37-39(40(36)45-41)35-23-22-32(26-38(35)44-37)43(30-14-5-2-6-15-30)31-20-18-28(19-21-31)34-17-9-13-27-10-7-8-16-33(27)34/h1-26H. The Balaban J connectivity index is 1.16. The predicted molar refractivity (Wildman–Crippen MR) is 184 cm³/mol. The molecule has 7 aromatic carbocycles. The lowest BCUT2D eigenvalue weighted by atomic mass is 9.98. The van der Waals surface area contributed by atoms with Crippen LogP contribution >= 0.6 is 0 Å². The van der Waals surface area contributed by atoms with Crippen LogP contribution in [0.25, 0.3) is 66.4 Å². The molecule has 0 aliphatic carbocycles. The first-order valence-corrected chi connectivity index (χ1v) is 15.0. The smallest absolute Gasteiger partial charge is 0.227 e. The van der Waals surface area contributed by atoms with Gasteiger partial charge in [0.1, 0.15) is 16.7 Å². The fraction of sp³-hybridized carbons (Fsp3) is 0. The number of hydrogen-bond acceptors (Lipinski definition) is 4. The molecule has 4 nitrogen and oxygen atoms in total. The van der Waals surface area contributed by atoms with Gasteiger partial charge in [0.05, 0.1) is 5.39 Å². The maximum atomic E-state index is 6.44. The summed E-state index contributed by atoms with van der Waals surface area (Å²) in [5, 5.41) is 4.42. The van der Waals surface area contributed by atoms with Crippen molar-refractivity contribution in [2.45, 2.75) is 0 Å². The fourth-order valence-electron chi connectivity index (χ4n) is 6.37. The van der Waals surface area contributed by atoms with E-state index in [4.69, 9.17) is 13.8 Å². The molecule has 0 amide bonds. The van der Waals surface area contributed by atoms with Gasteiger partial charge in [0.25, 0.3) is 0 Å². The Kier molecular flexibility index (Phi) is 5.78. The largest absolute Gasteiger partial charge is 0.456 e. The van der Waals surface area contributed by atoms with Crippen molar-refractivity contribution in [1.29, 1.82) is 0 Å². The van der Waals surface area contributed by atoms with Crippen LogP contribution in [0.2, 0.25) is 0 Å². The van der Waals surface area contributed by atoms with E-state index in [-0.39, 0.29) is 0 Å². The summed E-state index contributed by atoms with van der Waals surface area (Å²) >= 11 is 0. The van der Waals surface area contributed by atoms with Crippen LogP contribution in [0.3, 0.4) is 0 Å². The molecule has 0 fully saturated rings. The van der Waals surface area contributed by atoms with E-state index in [2.05, 4.69) is 114 Å². The van der Waals surface area contributed by atoms with E-state index in [9.17, 15) is 0 Å². The lowest BCUT2D eigenvalue weighted by Gasteiger charge is -2.25. The topological polar surface area (TPSA) is 42.4 Å². The molecule has 45 heavy (non-hydrogen) atoms. The third-order valence-corrected chi connectivity index (χ3v) is 8.49. The van der Waals surface area contributed by atoms with Crippen LogP contribution in [-0.2, 0) is 0 Å². The number of oxazole rings is 1. The van der Waals surface area contributed by atoms with Crippen LogP contribution in [-0.4, -0.2) is 4.98 Å². The molecule has 2 aromatic heterocycles. The predicted octanol–water partition coefficient (Wildman–Crippen LogP) is 11.7. The van der Waals surface area contributed by atoms with Crippen molar-refractivity contribution in [3.63, 3.8) is 0 Å². The van der Waals surface area contributed by atoms with Gasteiger partial charge < -0.3 is 13.7 Å².